The molecule has 33 heavy (non-hydrogen) atoms. The molecule has 3 aromatic rings. The van der Waals surface area contributed by atoms with E-state index in [0.29, 0.717) is 5.56 Å². The molecule has 0 aromatic heterocycles. The van der Waals surface area contributed by atoms with E-state index in [-0.39, 0.29) is 34.4 Å². The van der Waals surface area contributed by atoms with Gasteiger partial charge in [-0.1, -0.05) is 56.7 Å². The van der Waals surface area contributed by atoms with E-state index in [9.17, 15) is 18.8 Å². The minimum atomic E-state index is -0.705. The van der Waals surface area contributed by atoms with Crippen molar-refractivity contribution in [2.24, 2.45) is 11.1 Å². The van der Waals surface area contributed by atoms with Gasteiger partial charge in [0.15, 0.2) is 0 Å². The second kappa shape index (κ2) is 9.27. The van der Waals surface area contributed by atoms with Gasteiger partial charge in [0, 0.05) is 12.1 Å². The largest absolute Gasteiger partial charge is 0.349 e. The first kappa shape index (κ1) is 24.3. The van der Waals surface area contributed by atoms with Crippen LogP contribution in [0, 0.1) is 18.2 Å². The second-order valence-corrected chi connectivity index (χ2v) is 9.19. The number of hydrogen-bond donors (Lipinski definition) is 3. The Bertz CT molecular complexity index is 1240. The molecular formula is C26H30FN3O3. The number of aryl methyl sites for hydroxylation is 1. The predicted molar refractivity (Wildman–Crippen MR) is 129 cm³/mol. The van der Waals surface area contributed by atoms with Crippen LogP contribution in [0.2, 0.25) is 0 Å². The van der Waals surface area contributed by atoms with Crippen molar-refractivity contribution in [3.05, 3.63) is 91.0 Å². The lowest BCUT2D eigenvalue weighted by Crippen LogP contribution is -2.31. The zero-order valence-electron chi connectivity index (χ0n) is 19.6. The highest BCUT2D eigenvalue weighted by Gasteiger charge is 2.30. The van der Waals surface area contributed by atoms with Crippen LogP contribution in [-0.2, 0) is 0 Å². The number of nitrogens with one attached hydrogen (secondary N) is 2. The zero-order valence-corrected chi connectivity index (χ0v) is 19.6. The van der Waals surface area contributed by atoms with Crippen LogP contribution in [0.1, 0.15) is 73.2 Å². The van der Waals surface area contributed by atoms with E-state index < -0.39 is 22.6 Å². The number of nitrogens with two attached hydrogens (primary N) is 1. The van der Waals surface area contributed by atoms with Gasteiger partial charge in [-0.25, -0.2) is 4.39 Å². The van der Waals surface area contributed by atoms with Crippen molar-refractivity contribution in [2.45, 2.75) is 53.1 Å². The Morgan fingerprint density at radius 1 is 1.12 bits per heavy atom. The van der Waals surface area contributed by atoms with Gasteiger partial charge in [0.1, 0.15) is 5.82 Å². The predicted octanol–water partition coefficient (Wildman–Crippen LogP) is 4.40. The van der Waals surface area contributed by atoms with Crippen molar-refractivity contribution < 1.29 is 9.18 Å². The number of amides is 1. The van der Waals surface area contributed by atoms with Crippen LogP contribution >= 0.6 is 0 Å². The van der Waals surface area contributed by atoms with Crippen LogP contribution in [0.5, 0.6) is 0 Å². The molecule has 1 amide bonds. The molecule has 4 rings (SSSR count). The molecule has 174 valence electrons. The standard InChI is InChI=1S/C13H9FN2O3.C13H21N/c1-5-6-2-3-7(14)11(10(6)13(19)15-5)16-8-4-9(17)12(8)18;1-5-13(3,4)12(14)11-8-6-10(2)7-9-11/h2-5,16H,1H3,(H,15,19);6-9,12H,5,14H2,1-4H3/t;12-/m.0/s1. The average Bonchev–Trinajstić information content (AvgIpc) is 3.08. The number of fused-ring (bicyclic) bond motifs is 1. The maximum atomic E-state index is 13.8. The lowest BCUT2D eigenvalue weighted by atomic mass is 9.79. The van der Waals surface area contributed by atoms with Crippen LogP contribution in [0.25, 0.3) is 0 Å². The Kier molecular flexibility index (Phi) is 6.84. The molecule has 0 spiro atoms. The first-order valence-electron chi connectivity index (χ1n) is 11.0. The number of carbonyl (C=O) groups is 1. The summed E-state index contributed by atoms with van der Waals surface area (Å²) >= 11 is 0. The average molecular weight is 452 g/mol. The molecule has 0 aliphatic carbocycles. The summed E-state index contributed by atoms with van der Waals surface area (Å²) in [6, 6.07) is 12.3. The van der Waals surface area contributed by atoms with E-state index in [4.69, 9.17) is 5.73 Å². The Labute approximate surface area is 192 Å². The van der Waals surface area contributed by atoms with Crippen molar-refractivity contribution in [1.29, 1.82) is 0 Å². The highest BCUT2D eigenvalue weighted by molar-refractivity contribution is 6.04. The summed E-state index contributed by atoms with van der Waals surface area (Å²) in [4.78, 5) is 33.8. The fraction of sp³-hybridized carbons (Fsp3) is 0.346. The quantitative estimate of drug-likeness (QED) is 0.499. The number of rotatable bonds is 5. The third-order valence-electron chi connectivity index (χ3n) is 6.42. The number of carbonyl (C=O) groups excluding carboxylic acids is 1. The van der Waals surface area contributed by atoms with Crippen LogP contribution in [-0.4, -0.2) is 5.91 Å². The fourth-order valence-electron chi connectivity index (χ4n) is 3.66. The first-order valence-corrected chi connectivity index (χ1v) is 11.0. The van der Waals surface area contributed by atoms with Crippen molar-refractivity contribution >= 4 is 17.3 Å². The van der Waals surface area contributed by atoms with E-state index >= 15 is 0 Å². The lowest BCUT2D eigenvalue weighted by molar-refractivity contribution is 0.0959. The normalized spacial score (nSPS) is 16.0. The van der Waals surface area contributed by atoms with E-state index in [0.717, 1.165) is 12.5 Å². The lowest BCUT2D eigenvalue weighted by Gasteiger charge is -2.30. The Morgan fingerprint density at radius 3 is 2.30 bits per heavy atom. The molecule has 1 aliphatic heterocycles. The summed E-state index contributed by atoms with van der Waals surface area (Å²) in [6.07, 6.45) is 1.10. The monoisotopic (exact) mass is 451 g/mol. The van der Waals surface area contributed by atoms with Gasteiger partial charge < -0.3 is 16.4 Å². The van der Waals surface area contributed by atoms with Crippen molar-refractivity contribution in [1.82, 2.24) is 5.32 Å². The van der Waals surface area contributed by atoms with E-state index in [1.165, 1.54) is 23.3 Å². The molecule has 1 heterocycles. The molecule has 6 nitrogen and oxygen atoms in total. The minimum absolute atomic E-state index is 0.00431. The van der Waals surface area contributed by atoms with Gasteiger partial charge >= 0.3 is 0 Å². The molecule has 0 saturated carbocycles. The zero-order chi connectivity index (χ0) is 24.5. The summed E-state index contributed by atoms with van der Waals surface area (Å²) in [5.41, 5.74) is 8.38. The number of hydrogen-bond acceptors (Lipinski definition) is 5. The summed E-state index contributed by atoms with van der Waals surface area (Å²) in [6.45, 7) is 10.5. The second-order valence-electron chi connectivity index (χ2n) is 9.19. The molecule has 7 heteroatoms. The highest BCUT2D eigenvalue weighted by atomic mass is 19.1. The molecule has 0 radical (unpaired) electrons. The SMILES string of the molecule is CC1NC(=O)c2c1ccc(F)c2Nc1cc(=O)c1=O.CCC(C)(C)[C@@H](N)c1ccc(C)cc1. The van der Waals surface area contributed by atoms with Gasteiger partial charge in [0.05, 0.1) is 23.0 Å². The van der Waals surface area contributed by atoms with E-state index in [1.54, 1.807) is 6.92 Å². The highest BCUT2D eigenvalue weighted by Crippen LogP contribution is 2.35. The van der Waals surface area contributed by atoms with Gasteiger partial charge in [0.25, 0.3) is 5.91 Å². The van der Waals surface area contributed by atoms with Gasteiger partial charge in [-0.2, -0.15) is 0 Å². The maximum absolute atomic E-state index is 13.8. The summed E-state index contributed by atoms with van der Waals surface area (Å²) < 4.78 is 13.8. The fourth-order valence-corrected chi connectivity index (χ4v) is 3.66. The molecule has 2 atom stereocenters. The summed E-state index contributed by atoms with van der Waals surface area (Å²) in [7, 11) is 0. The summed E-state index contributed by atoms with van der Waals surface area (Å²) in [5.74, 6) is -1.04. The molecule has 0 fully saturated rings. The first-order chi connectivity index (χ1) is 15.5. The number of halogens is 1. The Balaban J connectivity index is 0.000000196. The van der Waals surface area contributed by atoms with Crippen LogP contribution in [0.3, 0.4) is 0 Å². The van der Waals surface area contributed by atoms with Gasteiger partial charge in [-0.15, -0.1) is 0 Å². The molecular weight excluding hydrogens is 421 g/mol. The molecule has 3 aromatic carbocycles. The topological polar surface area (TPSA) is 101 Å². The molecule has 1 aliphatic rings. The molecule has 1 unspecified atom stereocenters. The third-order valence-corrected chi connectivity index (χ3v) is 6.42. The van der Waals surface area contributed by atoms with Crippen LogP contribution in [0.15, 0.2) is 52.1 Å². The number of benzene rings is 2. The molecule has 0 bridgehead atoms. The van der Waals surface area contributed by atoms with E-state index in [1.807, 2.05) is 0 Å². The van der Waals surface area contributed by atoms with E-state index in [2.05, 4.69) is 62.6 Å². The van der Waals surface area contributed by atoms with Gasteiger partial charge in [0.2, 0.25) is 10.9 Å². The van der Waals surface area contributed by atoms with Crippen molar-refractivity contribution in [2.75, 3.05) is 5.32 Å². The van der Waals surface area contributed by atoms with Crippen molar-refractivity contribution in [3.63, 3.8) is 0 Å². The van der Waals surface area contributed by atoms with Crippen LogP contribution in [0.4, 0.5) is 15.8 Å². The minimum Gasteiger partial charge on any atom is -0.349 e. The van der Waals surface area contributed by atoms with Gasteiger partial charge in [-0.05, 0) is 42.9 Å². The van der Waals surface area contributed by atoms with Gasteiger partial charge in [-0.3, -0.25) is 14.4 Å². The smallest absolute Gasteiger partial charge is 0.254 e. The maximum Gasteiger partial charge on any atom is 0.254 e. The Hall–Kier alpha value is -3.32. The third kappa shape index (κ3) is 4.88. The number of anilines is 2. The van der Waals surface area contributed by atoms with Crippen molar-refractivity contribution in [3.8, 4) is 0 Å². The molecule has 0 saturated heterocycles. The Morgan fingerprint density at radius 2 is 1.76 bits per heavy atom. The van der Waals surface area contributed by atoms with Crippen LogP contribution < -0.4 is 27.2 Å². The summed E-state index contributed by atoms with van der Waals surface area (Å²) in [5, 5.41) is 5.20. The molecule has 4 N–H and O–H groups in total.